The van der Waals surface area contributed by atoms with Gasteiger partial charge in [-0.15, -0.1) is 0 Å². The second-order valence-electron chi connectivity index (χ2n) is 5.69. The summed E-state index contributed by atoms with van der Waals surface area (Å²) in [5.74, 6) is 0.152. The van der Waals surface area contributed by atoms with Crippen LogP contribution in [0, 0.1) is 0 Å². The van der Waals surface area contributed by atoms with E-state index in [1.165, 1.54) is 32.1 Å². The van der Waals surface area contributed by atoms with Crippen LogP contribution in [0.1, 0.15) is 38.5 Å². The highest BCUT2D eigenvalue weighted by Crippen LogP contribution is 2.32. The first-order valence-electron chi connectivity index (χ1n) is 7.17. The molecule has 1 aliphatic carbocycles. The molecule has 1 aliphatic heterocycles. The molecule has 1 N–H and O–H groups in total. The van der Waals surface area contributed by atoms with Crippen molar-refractivity contribution in [3.05, 3.63) is 0 Å². The molecule has 1 spiro atoms. The molecule has 0 atom stereocenters. The predicted molar refractivity (Wildman–Crippen MR) is 73.4 cm³/mol. The Morgan fingerprint density at radius 1 is 1.11 bits per heavy atom. The van der Waals surface area contributed by atoms with Crippen molar-refractivity contribution in [1.29, 1.82) is 0 Å². The molecule has 1 saturated heterocycles. The van der Waals surface area contributed by atoms with Crippen molar-refractivity contribution in [1.82, 2.24) is 10.2 Å². The van der Waals surface area contributed by atoms with Crippen LogP contribution in [0.25, 0.3) is 0 Å². The minimum atomic E-state index is -4.09. The maximum Gasteiger partial charge on any atom is 0.441 e. The largest absolute Gasteiger partial charge is 0.441 e. The van der Waals surface area contributed by atoms with Gasteiger partial charge in [0.25, 0.3) is 0 Å². The number of hydrogen-bond acceptors (Lipinski definition) is 3. The topological polar surface area (TPSA) is 15.3 Å². The fourth-order valence-electron chi connectivity index (χ4n) is 3.26. The van der Waals surface area contributed by atoms with Crippen molar-refractivity contribution in [2.75, 3.05) is 31.9 Å². The second kappa shape index (κ2) is 6.68. The SMILES string of the molecule is FC(F)(F)SCCN1CCCNC2(CCCCC2)C1. The molecule has 6 heteroatoms. The van der Waals surface area contributed by atoms with Crippen molar-refractivity contribution in [2.24, 2.45) is 0 Å². The summed E-state index contributed by atoms with van der Waals surface area (Å²) in [7, 11) is 0. The third-order valence-corrected chi connectivity index (χ3v) is 4.88. The van der Waals surface area contributed by atoms with Gasteiger partial charge in [-0.05, 0) is 44.1 Å². The smallest absolute Gasteiger partial charge is 0.310 e. The molecule has 0 bridgehead atoms. The average Bonchev–Trinajstić information content (AvgIpc) is 2.52. The van der Waals surface area contributed by atoms with E-state index >= 15 is 0 Å². The van der Waals surface area contributed by atoms with Crippen LogP contribution >= 0.6 is 11.8 Å². The Morgan fingerprint density at radius 2 is 1.84 bits per heavy atom. The molecule has 2 aliphatic rings. The van der Waals surface area contributed by atoms with Crippen molar-refractivity contribution >= 4 is 11.8 Å². The van der Waals surface area contributed by atoms with Crippen LogP contribution in [0.15, 0.2) is 0 Å². The van der Waals surface area contributed by atoms with Crippen molar-refractivity contribution in [3.8, 4) is 0 Å². The minimum Gasteiger partial charge on any atom is -0.310 e. The lowest BCUT2D eigenvalue weighted by molar-refractivity contribution is -0.0328. The van der Waals surface area contributed by atoms with E-state index in [1.54, 1.807) is 0 Å². The van der Waals surface area contributed by atoms with Crippen molar-refractivity contribution < 1.29 is 13.2 Å². The summed E-state index contributed by atoms with van der Waals surface area (Å²) in [4.78, 5) is 2.23. The van der Waals surface area contributed by atoms with Crippen LogP contribution in [0.5, 0.6) is 0 Å². The average molecular weight is 296 g/mol. The van der Waals surface area contributed by atoms with Gasteiger partial charge in [0.05, 0.1) is 0 Å². The zero-order valence-corrected chi connectivity index (χ0v) is 12.1. The van der Waals surface area contributed by atoms with Crippen LogP contribution in [0.4, 0.5) is 13.2 Å². The van der Waals surface area contributed by atoms with Gasteiger partial charge >= 0.3 is 5.51 Å². The molecule has 19 heavy (non-hydrogen) atoms. The van der Waals surface area contributed by atoms with Crippen LogP contribution in [0.3, 0.4) is 0 Å². The number of rotatable bonds is 3. The van der Waals surface area contributed by atoms with E-state index in [0.29, 0.717) is 6.54 Å². The molecular formula is C13H23F3N2S. The fourth-order valence-corrected chi connectivity index (χ4v) is 3.84. The number of halogens is 3. The van der Waals surface area contributed by atoms with E-state index in [2.05, 4.69) is 10.2 Å². The van der Waals surface area contributed by atoms with Gasteiger partial charge in [0, 0.05) is 24.4 Å². The lowest BCUT2D eigenvalue weighted by Crippen LogP contribution is -2.52. The van der Waals surface area contributed by atoms with E-state index in [1.807, 2.05) is 0 Å². The highest BCUT2D eigenvalue weighted by molar-refractivity contribution is 8.00. The Labute approximate surface area is 117 Å². The van der Waals surface area contributed by atoms with Crippen molar-refractivity contribution in [3.63, 3.8) is 0 Å². The van der Waals surface area contributed by atoms with E-state index in [9.17, 15) is 13.2 Å². The molecule has 0 radical (unpaired) electrons. The highest BCUT2D eigenvalue weighted by atomic mass is 32.2. The molecule has 2 rings (SSSR count). The molecule has 0 aromatic heterocycles. The molecule has 0 amide bonds. The minimum absolute atomic E-state index is 0.107. The maximum atomic E-state index is 12.2. The van der Waals surface area contributed by atoms with Crippen LogP contribution in [-0.2, 0) is 0 Å². The summed E-state index contributed by atoms with van der Waals surface area (Å²) in [6.07, 6.45) is 7.19. The third kappa shape index (κ3) is 5.16. The molecule has 2 nitrogen and oxygen atoms in total. The van der Waals surface area contributed by atoms with Gasteiger partial charge in [0.1, 0.15) is 0 Å². The van der Waals surface area contributed by atoms with Crippen LogP contribution in [0.2, 0.25) is 0 Å². The van der Waals surface area contributed by atoms with Gasteiger partial charge in [-0.2, -0.15) is 13.2 Å². The van der Waals surface area contributed by atoms with Crippen LogP contribution in [-0.4, -0.2) is 47.9 Å². The summed E-state index contributed by atoms with van der Waals surface area (Å²) in [6.45, 7) is 3.40. The van der Waals surface area contributed by atoms with Gasteiger partial charge < -0.3 is 10.2 Å². The molecule has 2 fully saturated rings. The molecule has 0 aromatic carbocycles. The van der Waals surface area contributed by atoms with E-state index in [4.69, 9.17) is 0 Å². The zero-order valence-electron chi connectivity index (χ0n) is 11.3. The Hall–Kier alpha value is 0.0600. The molecule has 1 heterocycles. The summed E-state index contributed by atoms with van der Waals surface area (Å²) in [6, 6.07) is 0. The third-order valence-electron chi connectivity index (χ3n) is 4.16. The summed E-state index contributed by atoms with van der Waals surface area (Å²) in [5, 5.41) is 3.66. The molecular weight excluding hydrogens is 273 g/mol. The standard InChI is InChI=1S/C13H23F3N2S/c14-13(15,16)19-10-9-18-8-4-7-17-12(11-18)5-2-1-3-6-12/h17H,1-11H2. The van der Waals surface area contributed by atoms with E-state index < -0.39 is 5.51 Å². The first-order valence-corrected chi connectivity index (χ1v) is 8.16. The summed E-state index contributed by atoms with van der Waals surface area (Å²) >= 11 is 0.107. The maximum absolute atomic E-state index is 12.2. The Morgan fingerprint density at radius 3 is 2.53 bits per heavy atom. The van der Waals surface area contributed by atoms with Gasteiger partial charge in [0.2, 0.25) is 0 Å². The van der Waals surface area contributed by atoms with Gasteiger partial charge in [-0.25, -0.2) is 0 Å². The fraction of sp³-hybridized carbons (Fsp3) is 1.00. The summed E-state index contributed by atoms with van der Waals surface area (Å²) < 4.78 is 36.5. The van der Waals surface area contributed by atoms with E-state index in [0.717, 1.165) is 26.1 Å². The first-order chi connectivity index (χ1) is 8.99. The van der Waals surface area contributed by atoms with Crippen LogP contribution < -0.4 is 5.32 Å². The number of hydrogen-bond donors (Lipinski definition) is 1. The van der Waals surface area contributed by atoms with E-state index in [-0.39, 0.29) is 23.1 Å². The highest BCUT2D eigenvalue weighted by Gasteiger charge is 2.35. The van der Waals surface area contributed by atoms with Gasteiger partial charge in [-0.3, -0.25) is 0 Å². The Bertz CT molecular complexity index is 278. The Kier molecular flexibility index (Phi) is 5.43. The lowest BCUT2D eigenvalue weighted by atomic mass is 9.81. The normalized spacial score (nSPS) is 25.4. The molecule has 112 valence electrons. The number of thioether (sulfide) groups is 1. The second-order valence-corrected chi connectivity index (χ2v) is 6.85. The monoisotopic (exact) mass is 296 g/mol. The first kappa shape index (κ1) is 15.4. The number of nitrogens with one attached hydrogen (secondary N) is 1. The molecule has 0 aromatic rings. The number of alkyl halides is 3. The molecule has 0 unspecified atom stereocenters. The lowest BCUT2D eigenvalue weighted by Gasteiger charge is -2.40. The van der Waals surface area contributed by atoms with Gasteiger partial charge in [-0.1, -0.05) is 19.3 Å². The van der Waals surface area contributed by atoms with Gasteiger partial charge in [0.15, 0.2) is 0 Å². The van der Waals surface area contributed by atoms with Crippen molar-refractivity contribution in [2.45, 2.75) is 49.6 Å². The molecule has 1 saturated carbocycles. The summed E-state index contributed by atoms with van der Waals surface area (Å²) in [5.41, 5.74) is -3.91. The predicted octanol–water partition coefficient (Wildman–Crippen LogP) is 3.24. The Balaban J connectivity index is 1.82. The number of nitrogens with zero attached hydrogens (tertiary/aromatic N) is 1. The quantitative estimate of drug-likeness (QED) is 0.861. The zero-order chi connectivity index (χ0) is 13.8.